The molecule has 0 radical (unpaired) electrons. The summed E-state index contributed by atoms with van der Waals surface area (Å²) in [5, 5.41) is 3.43. The third-order valence-electron chi connectivity index (χ3n) is 4.74. The fraction of sp³-hybridized carbons (Fsp3) is 0.933. The molecule has 4 heteroatoms. The molecule has 19 heavy (non-hydrogen) atoms. The van der Waals surface area contributed by atoms with Gasteiger partial charge in [0, 0.05) is 18.6 Å². The Morgan fingerprint density at radius 3 is 2.58 bits per heavy atom. The first-order chi connectivity index (χ1) is 8.90. The van der Waals surface area contributed by atoms with E-state index in [1.54, 1.807) is 0 Å². The molecular weight excluding hydrogens is 238 g/mol. The Morgan fingerprint density at radius 2 is 2.05 bits per heavy atom. The van der Waals surface area contributed by atoms with Gasteiger partial charge in [0.05, 0.1) is 0 Å². The number of hydrogen-bond donors (Lipinski definition) is 2. The van der Waals surface area contributed by atoms with E-state index in [1.165, 1.54) is 38.5 Å². The normalized spacial score (nSPS) is 31.2. The maximum atomic E-state index is 11.8. The molecule has 110 valence electrons. The van der Waals surface area contributed by atoms with Crippen molar-refractivity contribution in [1.82, 2.24) is 10.2 Å². The summed E-state index contributed by atoms with van der Waals surface area (Å²) < 4.78 is 0. The number of hydrogen-bond acceptors (Lipinski definition) is 3. The van der Waals surface area contributed by atoms with Gasteiger partial charge in [-0.15, -0.1) is 0 Å². The maximum Gasteiger partial charge on any atom is 0.238 e. The summed E-state index contributed by atoms with van der Waals surface area (Å²) in [6.07, 6.45) is 7.49. The van der Waals surface area contributed by atoms with Gasteiger partial charge in [0.1, 0.15) is 5.54 Å². The van der Waals surface area contributed by atoms with Crippen LogP contribution in [-0.2, 0) is 4.79 Å². The molecular formula is C15H29N3O. The molecule has 2 aliphatic carbocycles. The van der Waals surface area contributed by atoms with E-state index >= 15 is 0 Å². The van der Waals surface area contributed by atoms with E-state index in [0.29, 0.717) is 12.1 Å². The molecule has 2 rings (SSSR count). The third kappa shape index (κ3) is 3.93. The number of primary amides is 1. The molecule has 4 nitrogen and oxygen atoms in total. The molecule has 2 saturated carbocycles. The van der Waals surface area contributed by atoms with E-state index in [0.717, 1.165) is 12.5 Å². The first kappa shape index (κ1) is 14.8. The molecule has 0 aromatic carbocycles. The Bertz CT molecular complexity index is 329. The average molecular weight is 267 g/mol. The lowest BCUT2D eigenvalue weighted by atomic mass is 9.85. The van der Waals surface area contributed by atoms with Gasteiger partial charge in [-0.25, -0.2) is 0 Å². The number of nitrogens with one attached hydrogen (secondary N) is 1. The average Bonchev–Trinajstić information content (AvgIpc) is 3.12. The second kappa shape index (κ2) is 5.80. The molecule has 0 heterocycles. The highest BCUT2D eigenvalue weighted by atomic mass is 16.1. The minimum Gasteiger partial charge on any atom is -0.368 e. The van der Waals surface area contributed by atoms with Crippen molar-refractivity contribution in [2.75, 3.05) is 13.6 Å². The van der Waals surface area contributed by atoms with Crippen molar-refractivity contribution in [3.8, 4) is 0 Å². The summed E-state index contributed by atoms with van der Waals surface area (Å²) in [4.78, 5) is 14.1. The summed E-state index contributed by atoms with van der Waals surface area (Å²) >= 11 is 0. The van der Waals surface area contributed by atoms with E-state index in [4.69, 9.17) is 5.73 Å². The standard InChI is InChI=1S/C15H29N3O/c1-11-5-4-6-13(9-11)18(3)10-15(2,14(16)19)17-12-7-8-12/h11-13,17H,4-10H2,1-3H3,(H2,16,19). The molecule has 3 unspecified atom stereocenters. The zero-order valence-corrected chi connectivity index (χ0v) is 12.6. The lowest BCUT2D eigenvalue weighted by molar-refractivity contribution is -0.124. The number of nitrogens with zero attached hydrogens (tertiary/aromatic N) is 1. The molecule has 0 saturated heterocycles. The van der Waals surface area contributed by atoms with Crippen LogP contribution in [0.1, 0.15) is 52.4 Å². The molecule has 3 atom stereocenters. The Hall–Kier alpha value is -0.610. The number of likely N-dealkylation sites (N-methyl/N-ethyl adjacent to an activating group) is 1. The van der Waals surface area contributed by atoms with E-state index in [1.807, 2.05) is 6.92 Å². The summed E-state index contributed by atoms with van der Waals surface area (Å²) in [7, 11) is 2.14. The highest BCUT2D eigenvalue weighted by Crippen LogP contribution is 2.28. The summed E-state index contributed by atoms with van der Waals surface area (Å²) in [5.41, 5.74) is 5.04. The highest BCUT2D eigenvalue weighted by molar-refractivity contribution is 5.84. The zero-order chi connectivity index (χ0) is 14.0. The molecule has 1 amide bonds. The van der Waals surface area contributed by atoms with Gasteiger partial charge in [0.2, 0.25) is 5.91 Å². The minimum atomic E-state index is -0.587. The van der Waals surface area contributed by atoms with Crippen LogP contribution in [0.5, 0.6) is 0 Å². The van der Waals surface area contributed by atoms with Gasteiger partial charge < -0.3 is 10.6 Å². The number of amides is 1. The molecule has 2 fully saturated rings. The van der Waals surface area contributed by atoms with E-state index in [2.05, 4.69) is 24.2 Å². The van der Waals surface area contributed by atoms with Gasteiger partial charge >= 0.3 is 0 Å². The first-order valence-electron chi connectivity index (χ1n) is 7.68. The van der Waals surface area contributed by atoms with Crippen LogP contribution in [0.4, 0.5) is 0 Å². The van der Waals surface area contributed by atoms with Crippen molar-refractivity contribution in [2.45, 2.75) is 70.0 Å². The van der Waals surface area contributed by atoms with Gasteiger partial charge in [-0.05, 0) is 45.6 Å². The maximum absolute atomic E-state index is 11.8. The number of carbonyl (C=O) groups excluding carboxylic acids is 1. The van der Waals surface area contributed by atoms with Gasteiger partial charge in [-0.1, -0.05) is 19.8 Å². The van der Waals surface area contributed by atoms with Crippen LogP contribution in [0.15, 0.2) is 0 Å². The van der Waals surface area contributed by atoms with Crippen molar-refractivity contribution in [3.05, 3.63) is 0 Å². The van der Waals surface area contributed by atoms with E-state index < -0.39 is 5.54 Å². The van der Waals surface area contributed by atoms with E-state index in [9.17, 15) is 4.79 Å². The predicted octanol–water partition coefficient (Wildman–Crippen LogP) is 1.49. The summed E-state index contributed by atoms with van der Waals surface area (Å²) in [5.74, 6) is 0.576. The number of rotatable bonds is 6. The second-order valence-electron chi connectivity index (χ2n) is 6.96. The molecule has 0 spiro atoms. The quantitative estimate of drug-likeness (QED) is 0.766. The van der Waals surface area contributed by atoms with Gasteiger partial charge in [0.15, 0.2) is 0 Å². The summed E-state index contributed by atoms with van der Waals surface area (Å²) in [6.45, 7) is 5.00. The second-order valence-corrected chi connectivity index (χ2v) is 6.96. The molecule has 0 bridgehead atoms. The van der Waals surface area contributed by atoms with Crippen LogP contribution >= 0.6 is 0 Å². The van der Waals surface area contributed by atoms with Crippen LogP contribution in [0.25, 0.3) is 0 Å². The van der Waals surface area contributed by atoms with Crippen LogP contribution in [0, 0.1) is 5.92 Å². The van der Waals surface area contributed by atoms with Gasteiger partial charge in [-0.3, -0.25) is 10.1 Å². The lowest BCUT2D eigenvalue weighted by Crippen LogP contribution is -2.61. The molecule has 0 aliphatic heterocycles. The van der Waals surface area contributed by atoms with Crippen LogP contribution in [0.2, 0.25) is 0 Å². The lowest BCUT2D eigenvalue weighted by Gasteiger charge is -2.39. The fourth-order valence-corrected chi connectivity index (χ4v) is 3.30. The van der Waals surface area contributed by atoms with Gasteiger partial charge in [-0.2, -0.15) is 0 Å². The summed E-state index contributed by atoms with van der Waals surface area (Å²) in [6, 6.07) is 1.10. The Morgan fingerprint density at radius 1 is 1.37 bits per heavy atom. The highest BCUT2D eigenvalue weighted by Gasteiger charge is 2.39. The largest absolute Gasteiger partial charge is 0.368 e. The zero-order valence-electron chi connectivity index (χ0n) is 12.6. The number of nitrogens with two attached hydrogens (primary N) is 1. The SMILES string of the molecule is CC1CCCC(N(C)CC(C)(NC2CC2)C(N)=O)C1. The molecule has 2 aliphatic rings. The van der Waals surface area contributed by atoms with Crippen molar-refractivity contribution >= 4 is 5.91 Å². The number of carbonyl (C=O) groups is 1. The molecule has 3 N–H and O–H groups in total. The Labute approximate surface area is 117 Å². The Balaban J connectivity index is 1.93. The first-order valence-corrected chi connectivity index (χ1v) is 7.68. The fourth-order valence-electron chi connectivity index (χ4n) is 3.30. The molecule has 0 aromatic heterocycles. The van der Waals surface area contributed by atoms with Crippen LogP contribution in [-0.4, -0.2) is 42.0 Å². The third-order valence-corrected chi connectivity index (χ3v) is 4.74. The minimum absolute atomic E-state index is 0.227. The predicted molar refractivity (Wildman–Crippen MR) is 77.8 cm³/mol. The molecule has 0 aromatic rings. The topological polar surface area (TPSA) is 58.4 Å². The monoisotopic (exact) mass is 267 g/mol. The van der Waals surface area contributed by atoms with Crippen molar-refractivity contribution in [1.29, 1.82) is 0 Å². The van der Waals surface area contributed by atoms with Gasteiger partial charge in [0.25, 0.3) is 0 Å². The van der Waals surface area contributed by atoms with E-state index in [-0.39, 0.29) is 5.91 Å². The van der Waals surface area contributed by atoms with Crippen molar-refractivity contribution < 1.29 is 4.79 Å². The smallest absolute Gasteiger partial charge is 0.238 e. The van der Waals surface area contributed by atoms with Crippen molar-refractivity contribution in [2.24, 2.45) is 11.7 Å². The van der Waals surface area contributed by atoms with Crippen LogP contribution < -0.4 is 11.1 Å². The van der Waals surface area contributed by atoms with Crippen LogP contribution in [0.3, 0.4) is 0 Å². The Kier molecular flexibility index (Phi) is 4.51. The van der Waals surface area contributed by atoms with Crippen molar-refractivity contribution in [3.63, 3.8) is 0 Å².